The number of ether oxygens (including phenoxy) is 1. The number of rotatable bonds is 5. The number of hydrogen-bond acceptors (Lipinski definition) is 4. The summed E-state index contributed by atoms with van der Waals surface area (Å²) in [5.41, 5.74) is 0.921. The standard InChI is InChI=1S/C16H22N2O3.ClH/c1-2-21-16(20)13-7-6-10-18(12-13)15(19)11-17-14-8-4-3-5-9-14;/h3-5,8-9,13,17H,2,6-7,10-12H2,1H3;1H. The first kappa shape index (κ1) is 18.3. The van der Waals surface area contributed by atoms with E-state index < -0.39 is 0 Å². The number of anilines is 1. The van der Waals surface area contributed by atoms with Crippen LogP contribution in [0, 0.1) is 5.92 Å². The molecular weight excluding hydrogens is 304 g/mol. The summed E-state index contributed by atoms with van der Waals surface area (Å²) in [5.74, 6) is -0.349. The number of nitrogens with zero attached hydrogens (tertiary/aromatic N) is 1. The Morgan fingerprint density at radius 2 is 2.05 bits per heavy atom. The van der Waals surface area contributed by atoms with Crippen molar-refractivity contribution in [2.24, 2.45) is 5.92 Å². The zero-order valence-electron chi connectivity index (χ0n) is 12.8. The van der Waals surface area contributed by atoms with Gasteiger partial charge < -0.3 is 15.0 Å². The second-order valence-electron chi connectivity index (χ2n) is 5.15. The predicted octanol–water partition coefficient (Wildman–Crippen LogP) is 2.32. The minimum Gasteiger partial charge on any atom is -0.466 e. The van der Waals surface area contributed by atoms with Crippen LogP contribution in [-0.2, 0) is 14.3 Å². The van der Waals surface area contributed by atoms with E-state index in [9.17, 15) is 9.59 Å². The lowest BCUT2D eigenvalue weighted by molar-refractivity contribution is -0.151. The molecule has 6 heteroatoms. The Morgan fingerprint density at radius 3 is 2.73 bits per heavy atom. The lowest BCUT2D eigenvalue weighted by Crippen LogP contribution is -2.44. The van der Waals surface area contributed by atoms with Crippen LogP contribution < -0.4 is 5.32 Å². The van der Waals surface area contributed by atoms with Crippen LogP contribution in [0.2, 0.25) is 0 Å². The van der Waals surface area contributed by atoms with E-state index >= 15 is 0 Å². The number of benzene rings is 1. The first-order valence-corrected chi connectivity index (χ1v) is 7.44. The second kappa shape index (κ2) is 9.30. The molecule has 0 bridgehead atoms. The highest BCUT2D eigenvalue weighted by Crippen LogP contribution is 2.18. The first-order valence-electron chi connectivity index (χ1n) is 7.44. The van der Waals surface area contributed by atoms with Gasteiger partial charge in [0.2, 0.25) is 5.91 Å². The van der Waals surface area contributed by atoms with Crippen LogP contribution >= 0.6 is 12.4 Å². The van der Waals surface area contributed by atoms with Crippen molar-refractivity contribution in [2.75, 3.05) is 31.6 Å². The van der Waals surface area contributed by atoms with Crippen LogP contribution in [0.5, 0.6) is 0 Å². The van der Waals surface area contributed by atoms with E-state index in [1.165, 1.54) is 0 Å². The van der Waals surface area contributed by atoms with Gasteiger partial charge in [-0.25, -0.2) is 0 Å². The summed E-state index contributed by atoms with van der Waals surface area (Å²) < 4.78 is 5.05. The van der Waals surface area contributed by atoms with Gasteiger partial charge in [0, 0.05) is 18.8 Å². The molecule has 1 amide bonds. The van der Waals surface area contributed by atoms with Crippen molar-refractivity contribution < 1.29 is 14.3 Å². The van der Waals surface area contributed by atoms with E-state index in [0.717, 1.165) is 18.5 Å². The average molecular weight is 327 g/mol. The van der Waals surface area contributed by atoms with Crippen molar-refractivity contribution in [3.63, 3.8) is 0 Å². The lowest BCUT2D eigenvalue weighted by atomic mass is 9.98. The number of esters is 1. The summed E-state index contributed by atoms with van der Waals surface area (Å²) >= 11 is 0. The Kier molecular flexibility index (Phi) is 7.74. The summed E-state index contributed by atoms with van der Waals surface area (Å²) in [4.78, 5) is 25.7. The van der Waals surface area contributed by atoms with Crippen molar-refractivity contribution >= 4 is 30.0 Å². The number of amides is 1. The largest absolute Gasteiger partial charge is 0.466 e. The zero-order valence-corrected chi connectivity index (χ0v) is 13.6. The fourth-order valence-electron chi connectivity index (χ4n) is 2.50. The molecule has 22 heavy (non-hydrogen) atoms. The maximum absolute atomic E-state index is 12.2. The third-order valence-corrected chi connectivity index (χ3v) is 3.61. The van der Waals surface area contributed by atoms with Gasteiger partial charge in [0.1, 0.15) is 0 Å². The van der Waals surface area contributed by atoms with Gasteiger partial charge in [-0.05, 0) is 31.9 Å². The molecule has 1 aromatic carbocycles. The van der Waals surface area contributed by atoms with Crippen molar-refractivity contribution in [1.29, 1.82) is 0 Å². The predicted molar refractivity (Wildman–Crippen MR) is 88.1 cm³/mol. The van der Waals surface area contributed by atoms with Crippen LogP contribution in [0.15, 0.2) is 30.3 Å². The minimum absolute atomic E-state index is 0. The highest BCUT2D eigenvalue weighted by molar-refractivity contribution is 5.85. The van der Waals surface area contributed by atoms with Gasteiger partial charge in [0.05, 0.1) is 19.1 Å². The van der Waals surface area contributed by atoms with Gasteiger partial charge in [-0.1, -0.05) is 18.2 Å². The van der Waals surface area contributed by atoms with Crippen LogP contribution in [0.4, 0.5) is 5.69 Å². The molecule has 1 aliphatic rings. The van der Waals surface area contributed by atoms with Gasteiger partial charge in [0.15, 0.2) is 0 Å². The van der Waals surface area contributed by atoms with Gasteiger partial charge in [-0.2, -0.15) is 0 Å². The molecule has 1 aliphatic heterocycles. The number of likely N-dealkylation sites (tertiary alicyclic amines) is 1. The average Bonchev–Trinajstić information content (AvgIpc) is 2.54. The molecule has 1 saturated heterocycles. The lowest BCUT2D eigenvalue weighted by Gasteiger charge is -2.31. The van der Waals surface area contributed by atoms with Crippen molar-refractivity contribution in [3.8, 4) is 0 Å². The molecule has 1 N–H and O–H groups in total. The highest BCUT2D eigenvalue weighted by atomic mass is 35.5. The second-order valence-corrected chi connectivity index (χ2v) is 5.15. The maximum Gasteiger partial charge on any atom is 0.310 e. The molecule has 1 aromatic rings. The molecular formula is C16H23ClN2O3. The van der Waals surface area contributed by atoms with E-state index in [1.807, 2.05) is 30.3 Å². The molecule has 1 heterocycles. The molecule has 0 aromatic heterocycles. The Labute approximate surface area is 137 Å². The molecule has 2 rings (SSSR count). The molecule has 1 fully saturated rings. The number of nitrogens with one attached hydrogen (secondary N) is 1. The van der Waals surface area contributed by atoms with Crippen molar-refractivity contribution in [1.82, 2.24) is 4.90 Å². The summed E-state index contributed by atoms with van der Waals surface area (Å²) in [6.07, 6.45) is 1.65. The highest BCUT2D eigenvalue weighted by Gasteiger charge is 2.28. The number of carbonyl (C=O) groups excluding carboxylic acids is 2. The van der Waals surface area contributed by atoms with E-state index in [0.29, 0.717) is 19.7 Å². The molecule has 5 nitrogen and oxygen atoms in total. The molecule has 1 atom stereocenters. The smallest absolute Gasteiger partial charge is 0.310 e. The van der Waals surface area contributed by atoms with Crippen LogP contribution in [0.3, 0.4) is 0 Å². The van der Waals surface area contributed by atoms with Crippen molar-refractivity contribution in [3.05, 3.63) is 30.3 Å². The topological polar surface area (TPSA) is 58.6 Å². The summed E-state index contributed by atoms with van der Waals surface area (Å²) in [6.45, 7) is 3.62. The minimum atomic E-state index is -0.189. The Bertz CT molecular complexity index is 482. The van der Waals surface area contributed by atoms with Crippen LogP contribution in [-0.4, -0.2) is 43.0 Å². The first-order chi connectivity index (χ1) is 10.2. The number of para-hydroxylation sites is 1. The maximum atomic E-state index is 12.2. The van der Waals surface area contributed by atoms with Gasteiger partial charge in [-0.15, -0.1) is 12.4 Å². The third kappa shape index (κ3) is 5.22. The van der Waals surface area contributed by atoms with Gasteiger partial charge in [-0.3, -0.25) is 9.59 Å². The summed E-state index contributed by atoms with van der Waals surface area (Å²) in [7, 11) is 0. The van der Waals surface area contributed by atoms with E-state index in [-0.39, 0.29) is 36.7 Å². The number of piperidine rings is 1. The Hall–Kier alpha value is -1.75. The molecule has 1 unspecified atom stereocenters. The van der Waals surface area contributed by atoms with Gasteiger partial charge in [0.25, 0.3) is 0 Å². The van der Waals surface area contributed by atoms with Gasteiger partial charge >= 0.3 is 5.97 Å². The molecule has 0 saturated carbocycles. The van der Waals surface area contributed by atoms with Crippen LogP contribution in [0.25, 0.3) is 0 Å². The van der Waals surface area contributed by atoms with Crippen molar-refractivity contribution in [2.45, 2.75) is 19.8 Å². The summed E-state index contributed by atoms with van der Waals surface area (Å²) in [6, 6.07) is 9.62. The zero-order chi connectivity index (χ0) is 15.1. The third-order valence-electron chi connectivity index (χ3n) is 3.61. The van der Waals surface area contributed by atoms with E-state index in [1.54, 1.807) is 11.8 Å². The monoisotopic (exact) mass is 326 g/mol. The molecule has 0 radical (unpaired) electrons. The van der Waals surface area contributed by atoms with Crippen LogP contribution in [0.1, 0.15) is 19.8 Å². The molecule has 0 aliphatic carbocycles. The Balaban J connectivity index is 0.00000242. The number of hydrogen-bond donors (Lipinski definition) is 1. The quantitative estimate of drug-likeness (QED) is 0.844. The summed E-state index contributed by atoms with van der Waals surface area (Å²) in [5, 5.41) is 3.10. The number of carbonyl (C=O) groups is 2. The van der Waals surface area contributed by atoms with E-state index in [4.69, 9.17) is 4.74 Å². The normalized spacial score (nSPS) is 17.3. The molecule has 122 valence electrons. The van der Waals surface area contributed by atoms with E-state index in [2.05, 4.69) is 5.32 Å². The SMILES string of the molecule is CCOC(=O)C1CCCN(C(=O)CNc2ccccc2)C1.Cl. The fourth-order valence-corrected chi connectivity index (χ4v) is 2.50. The number of halogens is 1. The fraction of sp³-hybridized carbons (Fsp3) is 0.500. The molecule has 0 spiro atoms. The Morgan fingerprint density at radius 1 is 1.32 bits per heavy atom.